The van der Waals surface area contributed by atoms with Gasteiger partial charge in [-0.2, -0.15) is 13.2 Å². The van der Waals surface area contributed by atoms with E-state index < -0.39 is 12.1 Å². The van der Waals surface area contributed by atoms with Crippen LogP contribution in [0.3, 0.4) is 0 Å². The molecule has 3 aromatic rings. The van der Waals surface area contributed by atoms with Crippen LogP contribution in [0.5, 0.6) is 5.75 Å². The van der Waals surface area contributed by atoms with Crippen LogP contribution in [0.15, 0.2) is 42.5 Å². The Morgan fingerprint density at radius 2 is 1.70 bits per heavy atom. The molecular weight excluding hydrogens is 507 g/mol. The molecule has 1 saturated heterocycles. The van der Waals surface area contributed by atoms with E-state index in [0.717, 1.165) is 60.6 Å². The molecule has 0 atom stereocenters. The van der Waals surface area contributed by atoms with Gasteiger partial charge in [0.2, 0.25) is 0 Å². The molecule has 2 N–H and O–H groups in total. The summed E-state index contributed by atoms with van der Waals surface area (Å²) < 4.78 is 45.3. The highest BCUT2D eigenvalue weighted by molar-refractivity contribution is 7.21. The van der Waals surface area contributed by atoms with Gasteiger partial charge in [-0.25, -0.2) is 9.78 Å². The minimum atomic E-state index is -5.08. The van der Waals surface area contributed by atoms with Crippen molar-refractivity contribution < 1.29 is 32.5 Å². The molecule has 1 aliphatic heterocycles. The standard InChI is InChI=1S/C24H29N3O2S.C2HF3O2/c1-27(2)17-5-3-16(4-6-17)24-26-22-8-7-19(15-23(22)30-24)29-21-13-20(14-21)28-18-9-11-25-12-10-18;3-2(4,5)1(6)7/h3-8,15,18,20-21,25H,9-14H2,1-2H3;(H,6,7). The van der Waals surface area contributed by atoms with Gasteiger partial charge < -0.3 is 24.8 Å². The monoisotopic (exact) mass is 537 g/mol. The van der Waals surface area contributed by atoms with Crippen molar-refractivity contribution in [1.82, 2.24) is 10.3 Å². The SMILES string of the molecule is CN(C)c1ccc(-c2nc3ccc(OC4CC(OC5CCNCC5)C4)cc3s2)cc1.O=C(O)C(F)(F)F. The van der Waals surface area contributed by atoms with Gasteiger partial charge in [-0.3, -0.25) is 0 Å². The average molecular weight is 538 g/mol. The van der Waals surface area contributed by atoms with Gasteiger partial charge in [0.25, 0.3) is 0 Å². The van der Waals surface area contributed by atoms with Crippen LogP contribution in [0, 0.1) is 0 Å². The predicted octanol–water partition coefficient (Wildman–Crippen LogP) is 5.34. The number of piperidine rings is 1. The molecule has 2 heterocycles. The lowest BCUT2D eigenvalue weighted by atomic mass is 9.91. The first kappa shape index (κ1) is 27.2. The minimum Gasteiger partial charge on any atom is -0.490 e. The molecule has 1 aromatic heterocycles. The van der Waals surface area contributed by atoms with Gasteiger partial charge in [0.15, 0.2) is 0 Å². The molecule has 11 heteroatoms. The van der Waals surface area contributed by atoms with Crippen molar-refractivity contribution in [3.63, 3.8) is 0 Å². The van der Waals surface area contributed by atoms with Gasteiger partial charge >= 0.3 is 12.1 Å². The highest BCUT2D eigenvalue weighted by Gasteiger charge is 2.38. The maximum atomic E-state index is 10.6. The van der Waals surface area contributed by atoms with Crippen LogP contribution in [0.25, 0.3) is 20.8 Å². The second-order valence-electron chi connectivity index (χ2n) is 9.31. The van der Waals surface area contributed by atoms with Crippen molar-refractivity contribution in [2.45, 2.75) is 50.2 Å². The lowest BCUT2D eigenvalue weighted by Crippen LogP contribution is -2.43. The first-order valence-electron chi connectivity index (χ1n) is 12.1. The molecule has 200 valence electrons. The minimum absolute atomic E-state index is 0.264. The van der Waals surface area contributed by atoms with Crippen LogP contribution in [0.4, 0.5) is 18.9 Å². The number of carboxylic acid groups (broad SMARTS) is 1. The maximum absolute atomic E-state index is 10.6. The average Bonchev–Trinajstić information content (AvgIpc) is 3.27. The van der Waals surface area contributed by atoms with Crippen LogP contribution in [0.2, 0.25) is 0 Å². The Hall–Kier alpha value is -2.89. The number of thiazole rings is 1. The summed E-state index contributed by atoms with van der Waals surface area (Å²) in [4.78, 5) is 15.8. The molecule has 7 nitrogen and oxygen atoms in total. The Balaban J connectivity index is 0.000000405. The van der Waals surface area contributed by atoms with Crippen molar-refractivity contribution in [3.05, 3.63) is 42.5 Å². The van der Waals surface area contributed by atoms with Crippen LogP contribution in [0.1, 0.15) is 25.7 Å². The second-order valence-corrected chi connectivity index (χ2v) is 10.3. The summed E-state index contributed by atoms with van der Waals surface area (Å²) in [5.41, 5.74) is 3.37. The second kappa shape index (κ2) is 11.7. The van der Waals surface area contributed by atoms with Crippen molar-refractivity contribution in [2.75, 3.05) is 32.1 Å². The zero-order chi connectivity index (χ0) is 26.6. The molecule has 5 rings (SSSR count). The number of carbonyl (C=O) groups is 1. The van der Waals surface area contributed by atoms with Crippen molar-refractivity contribution in [3.8, 4) is 16.3 Å². The molecule has 2 aromatic carbocycles. The lowest BCUT2D eigenvalue weighted by Gasteiger charge is -2.38. The van der Waals surface area contributed by atoms with E-state index in [4.69, 9.17) is 24.4 Å². The van der Waals surface area contributed by atoms with E-state index in [0.29, 0.717) is 12.2 Å². The highest BCUT2D eigenvalue weighted by Crippen LogP contribution is 2.35. The Bertz CT molecular complexity index is 1190. The number of fused-ring (bicyclic) bond motifs is 1. The number of alkyl halides is 3. The fourth-order valence-corrected chi connectivity index (χ4v) is 5.12. The number of hydrogen-bond acceptors (Lipinski definition) is 7. The van der Waals surface area contributed by atoms with Crippen molar-refractivity contribution >= 4 is 33.2 Å². The molecule has 0 amide bonds. The molecule has 2 aliphatic rings. The number of aromatic nitrogens is 1. The number of nitrogens with zero attached hydrogens (tertiary/aromatic N) is 2. The van der Waals surface area contributed by atoms with Crippen LogP contribution < -0.4 is 15.0 Å². The van der Waals surface area contributed by atoms with E-state index in [1.807, 2.05) is 6.07 Å². The third kappa shape index (κ3) is 7.33. The van der Waals surface area contributed by atoms with E-state index in [9.17, 15) is 13.2 Å². The Labute approximate surface area is 217 Å². The molecule has 0 unspecified atom stereocenters. The van der Waals surface area contributed by atoms with Gasteiger partial charge in [-0.1, -0.05) is 0 Å². The molecule has 1 aliphatic carbocycles. The number of halogens is 3. The van der Waals surface area contributed by atoms with E-state index >= 15 is 0 Å². The fraction of sp³-hybridized carbons (Fsp3) is 0.462. The fourth-order valence-electron chi connectivity index (χ4n) is 4.12. The number of rotatable bonds is 6. The van der Waals surface area contributed by atoms with Crippen molar-refractivity contribution in [1.29, 1.82) is 0 Å². The summed E-state index contributed by atoms with van der Waals surface area (Å²) in [6.45, 7) is 2.15. The first-order valence-corrected chi connectivity index (χ1v) is 12.9. The number of ether oxygens (including phenoxy) is 2. The summed E-state index contributed by atoms with van der Waals surface area (Å²) in [5.74, 6) is -1.82. The molecular formula is C26H30F3N3O4S. The largest absolute Gasteiger partial charge is 0.490 e. The van der Waals surface area contributed by atoms with Gasteiger partial charge in [0.1, 0.15) is 16.9 Å². The van der Waals surface area contributed by atoms with E-state index in [1.54, 1.807) is 11.3 Å². The predicted molar refractivity (Wildman–Crippen MR) is 137 cm³/mol. The molecule has 2 fully saturated rings. The Morgan fingerprint density at radius 3 is 2.30 bits per heavy atom. The Morgan fingerprint density at radius 1 is 1.05 bits per heavy atom. The van der Waals surface area contributed by atoms with Gasteiger partial charge in [-0.15, -0.1) is 11.3 Å². The van der Waals surface area contributed by atoms with Crippen molar-refractivity contribution in [2.24, 2.45) is 0 Å². The third-order valence-electron chi connectivity index (χ3n) is 6.26. The molecule has 0 spiro atoms. The van der Waals surface area contributed by atoms with E-state index in [-0.39, 0.29) is 6.10 Å². The summed E-state index contributed by atoms with van der Waals surface area (Å²) >= 11 is 1.72. The number of benzene rings is 2. The van der Waals surface area contributed by atoms with Crippen LogP contribution in [-0.2, 0) is 9.53 Å². The molecule has 0 radical (unpaired) electrons. The smallest absolute Gasteiger partial charge is 0.490 e. The summed E-state index contributed by atoms with van der Waals surface area (Å²) in [7, 11) is 4.11. The zero-order valence-electron chi connectivity index (χ0n) is 20.6. The topological polar surface area (TPSA) is 83.9 Å². The normalized spacial score (nSPS) is 20.0. The number of aliphatic carboxylic acids is 1. The van der Waals surface area contributed by atoms with Crippen LogP contribution >= 0.6 is 11.3 Å². The number of nitrogens with one attached hydrogen (secondary N) is 1. The molecule has 1 saturated carbocycles. The highest BCUT2D eigenvalue weighted by atomic mass is 32.1. The summed E-state index contributed by atoms with van der Waals surface area (Å²) in [6, 6.07) is 14.8. The van der Waals surface area contributed by atoms with Gasteiger partial charge in [-0.05, 0) is 68.4 Å². The van der Waals surface area contributed by atoms with E-state index in [1.165, 1.54) is 10.4 Å². The summed E-state index contributed by atoms with van der Waals surface area (Å²) in [5, 5.41) is 11.6. The van der Waals surface area contributed by atoms with Gasteiger partial charge in [0, 0.05) is 38.2 Å². The maximum Gasteiger partial charge on any atom is 0.490 e. The number of anilines is 1. The Kier molecular flexibility index (Phi) is 8.56. The quantitative estimate of drug-likeness (QED) is 0.439. The van der Waals surface area contributed by atoms with Crippen LogP contribution in [-0.4, -0.2) is 67.7 Å². The number of hydrogen-bond donors (Lipinski definition) is 2. The third-order valence-corrected chi connectivity index (χ3v) is 7.33. The molecule has 0 bridgehead atoms. The lowest BCUT2D eigenvalue weighted by molar-refractivity contribution is -0.192. The van der Waals surface area contributed by atoms with Gasteiger partial charge in [0.05, 0.1) is 22.4 Å². The molecule has 37 heavy (non-hydrogen) atoms. The first-order chi connectivity index (χ1) is 17.6. The summed E-state index contributed by atoms with van der Waals surface area (Å²) in [6.07, 6.45) is 0.217. The zero-order valence-corrected chi connectivity index (χ0v) is 21.4. The van der Waals surface area contributed by atoms with E-state index in [2.05, 4.69) is 60.7 Å². The number of carboxylic acids is 1.